The number of para-hydroxylation sites is 1. The minimum Gasteiger partial charge on any atom is -0.360 e. The van der Waals surface area contributed by atoms with Gasteiger partial charge >= 0.3 is 0 Å². The van der Waals surface area contributed by atoms with Crippen molar-refractivity contribution in [1.29, 1.82) is 0 Å². The number of rotatable bonds is 1. The molecule has 0 aliphatic heterocycles. The number of hydrogen-bond acceptors (Lipinski definition) is 0. The Bertz CT molecular complexity index is 934. The van der Waals surface area contributed by atoms with Crippen LogP contribution < -0.4 is 0 Å². The molecule has 0 spiro atoms. The van der Waals surface area contributed by atoms with Gasteiger partial charge in [-0.2, -0.15) is 0 Å². The van der Waals surface area contributed by atoms with Gasteiger partial charge in [0.15, 0.2) is 11.6 Å². The first-order valence-electron chi connectivity index (χ1n) is 6.27. The van der Waals surface area contributed by atoms with E-state index < -0.39 is 11.6 Å². The Morgan fingerprint density at radius 3 is 2.70 bits per heavy atom. The van der Waals surface area contributed by atoms with Crippen molar-refractivity contribution in [3.63, 3.8) is 0 Å². The van der Waals surface area contributed by atoms with Crippen LogP contribution in [0.4, 0.5) is 8.78 Å². The molecule has 0 bridgehead atoms. The third kappa shape index (κ3) is 1.48. The zero-order chi connectivity index (χ0) is 13.7. The molecule has 4 rings (SSSR count). The summed E-state index contributed by atoms with van der Waals surface area (Å²) in [5, 5.41) is 1.70. The van der Waals surface area contributed by atoms with Crippen molar-refractivity contribution in [2.75, 3.05) is 0 Å². The van der Waals surface area contributed by atoms with E-state index in [1.165, 1.54) is 0 Å². The maximum atomic E-state index is 13.8. The monoisotopic (exact) mass is 268 g/mol. The van der Waals surface area contributed by atoms with E-state index in [9.17, 15) is 8.78 Å². The number of fused-ring (bicyclic) bond motifs is 2. The third-order valence-electron chi connectivity index (χ3n) is 3.57. The first-order chi connectivity index (χ1) is 9.74. The Hall–Kier alpha value is -2.62. The van der Waals surface area contributed by atoms with Gasteiger partial charge in [0.1, 0.15) is 0 Å². The van der Waals surface area contributed by atoms with E-state index in [1.54, 1.807) is 6.07 Å². The molecule has 2 N–H and O–H groups in total. The Morgan fingerprint density at radius 1 is 0.950 bits per heavy atom. The van der Waals surface area contributed by atoms with Crippen LogP contribution in [0.2, 0.25) is 0 Å². The second-order valence-electron chi connectivity index (χ2n) is 4.76. The topological polar surface area (TPSA) is 31.6 Å². The molecular weight excluding hydrogens is 258 g/mol. The van der Waals surface area contributed by atoms with Gasteiger partial charge in [-0.3, -0.25) is 0 Å². The first-order valence-corrected chi connectivity index (χ1v) is 6.27. The standard InChI is InChI=1S/C16H10F2N2/c17-12-6-5-9-7-14(20-16(9)15(12)18)11-8-19-13-4-2-1-3-10(11)13/h1-8,19-20H. The molecule has 0 saturated carbocycles. The van der Waals surface area contributed by atoms with Crippen molar-refractivity contribution in [3.8, 4) is 11.3 Å². The van der Waals surface area contributed by atoms with Crippen LogP contribution in [0.5, 0.6) is 0 Å². The van der Waals surface area contributed by atoms with Crippen LogP contribution in [0.3, 0.4) is 0 Å². The van der Waals surface area contributed by atoms with Crippen LogP contribution in [0, 0.1) is 11.6 Å². The fourth-order valence-corrected chi connectivity index (χ4v) is 2.58. The predicted octanol–water partition coefficient (Wildman–Crippen LogP) is 4.59. The molecule has 0 fully saturated rings. The predicted molar refractivity (Wildman–Crippen MR) is 75.5 cm³/mol. The van der Waals surface area contributed by atoms with Crippen molar-refractivity contribution in [2.24, 2.45) is 0 Å². The van der Waals surface area contributed by atoms with Crippen molar-refractivity contribution < 1.29 is 8.78 Å². The Kier molecular flexibility index (Phi) is 2.21. The molecule has 2 nitrogen and oxygen atoms in total. The van der Waals surface area contributed by atoms with Gasteiger partial charge in [0, 0.05) is 33.7 Å². The van der Waals surface area contributed by atoms with Crippen LogP contribution in [0.1, 0.15) is 0 Å². The Balaban J connectivity index is 2.01. The average molecular weight is 268 g/mol. The fraction of sp³-hybridized carbons (Fsp3) is 0. The van der Waals surface area contributed by atoms with Crippen LogP contribution in [-0.4, -0.2) is 9.97 Å². The van der Waals surface area contributed by atoms with Crippen molar-refractivity contribution in [1.82, 2.24) is 9.97 Å². The molecular formula is C16H10F2N2. The molecule has 2 heterocycles. The first kappa shape index (κ1) is 11.2. The van der Waals surface area contributed by atoms with Crippen LogP contribution >= 0.6 is 0 Å². The van der Waals surface area contributed by atoms with Gasteiger partial charge in [0.25, 0.3) is 0 Å². The smallest absolute Gasteiger partial charge is 0.182 e. The highest BCUT2D eigenvalue weighted by molar-refractivity contribution is 5.97. The normalized spacial score (nSPS) is 11.5. The van der Waals surface area contributed by atoms with Crippen molar-refractivity contribution >= 4 is 21.8 Å². The lowest BCUT2D eigenvalue weighted by Crippen LogP contribution is -1.84. The minimum absolute atomic E-state index is 0.199. The number of halogens is 2. The Morgan fingerprint density at radius 2 is 1.80 bits per heavy atom. The average Bonchev–Trinajstić information content (AvgIpc) is 3.06. The highest BCUT2D eigenvalue weighted by atomic mass is 19.2. The van der Waals surface area contributed by atoms with E-state index >= 15 is 0 Å². The fourth-order valence-electron chi connectivity index (χ4n) is 2.58. The number of benzene rings is 2. The van der Waals surface area contributed by atoms with Crippen LogP contribution in [-0.2, 0) is 0 Å². The lowest BCUT2D eigenvalue weighted by molar-refractivity contribution is 0.515. The molecule has 2 aromatic heterocycles. The summed E-state index contributed by atoms with van der Waals surface area (Å²) in [6, 6.07) is 12.4. The summed E-state index contributed by atoms with van der Waals surface area (Å²) >= 11 is 0. The SMILES string of the molecule is Fc1ccc2cc(-c3c[nH]c4ccccc34)[nH]c2c1F. The van der Waals surface area contributed by atoms with Crippen LogP contribution in [0.25, 0.3) is 33.1 Å². The minimum atomic E-state index is -0.843. The number of H-pyrrole nitrogens is 2. The zero-order valence-corrected chi connectivity index (χ0v) is 10.4. The summed E-state index contributed by atoms with van der Waals surface area (Å²) in [5.41, 5.74) is 2.91. The maximum Gasteiger partial charge on any atom is 0.182 e. The molecule has 0 amide bonds. The summed E-state index contributed by atoms with van der Waals surface area (Å²) in [7, 11) is 0. The van der Waals surface area contributed by atoms with Crippen molar-refractivity contribution in [3.05, 3.63) is 60.3 Å². The molecule has 0 aliphatic rings. The molecule has 20 heavy (non-hydrogen) atoms. The maximum absolute atomic E-state index is 13.8. The third-order valence-corrected chi connectivity index (χ3v) is 3.57. The van der Waals surface area contributed by atoms with E-state index in [2.05, 4.69) is 9.97 Å². The largest absolute Gasteiger partial charge is 0.360 e. The highest BCUT2D eigenvalue weighted by Crippen LogP contribution is 2.31. The second kappa shape index (κ2) is 3.93. The van der Waals surface area contributed by atoms with Gasteiger partial charge in [-0.25, -0.2) is 8.78 Å². The van der Waals surface area contributed by atoms with Crippen molar-refractivity contribution in [2.45, 2.75) is 0 Å². The van der Waals surface area contributed by atoms with E-state index in [0.29, 0.717) is 5.39 Å². The lowest BCUT2D eigenvalue weighted by Gasteiger charge is -1.95. The summed E-state index contributed by atoms with van der Waals surface area (Å²) in [6.07, 6.45) is 1.86. The quantitative estimate of drug-likeness (QED) is 0.506. The Labute approximate surface area is 113 Å². The summed E-state index contributed by atoms with van der Waals surface area (Å²) < 4.78 is 27.0. The molecule has 98 valence electrons. The number of aromatic amines is 2. The molecule has 4 heteroatoms. The molecule has 0 unspecified atom stereocenters. The summed E-state index contributed by atoms with van der Waals surface area (Å²) in [5.74, 6) is -1.68. The van der Waals surface area contributed by atoms with E-state index in [4.69, 9.17) is 0 Å². The molecule has 0 radical (unpaired) electrons. The number of aromatic nitrogens is 2. The van der Waals surface area contributed by atoms with Crippen LogP contribution in [0.15, 0.2) is 48.7 Å². The van der Waals surface area contributed by atoms with Gasteiger partial charge < -0.3 is 9.97 Å². The zero-order valence-electron chi connectivity index (χ0n) is 10.4. The van der Waals surface area contributed by atoms with E-state index in [-0.39, 0.29) is 5.52 Å². The molecule has 0 atom stereocenters. The van der Waals surface area contributed by atoms with Gasteiger partial charge in [-0.05, 0) is 24.3 Å². The number of nitrogens with one attached hydrogen (secondary N) is 2. The molecule has 0 aliphatic carbocycles. The summed E-state index contributed by atoms with van der Waals surface area (Å²) in [6.45, 7) is 0. The van der Waals surface area contributed by atoms with E-state index in [1.807, 2.05) is 36.5 Å². The van der Waals surface area contributed by atoms with Gasteiger partial charge in [-0.1, -0.05) is 18.2 Å². The van der Waals surface area contributed by atoms with Gasteiger partial charge in [0.2, 0.25) is 0 Å². The highest BCUT2D eigenvalue weighted by Gasteiger charge is 2.13. The molecule has 4 aromatic rings. The second-order valence-corrected chi connectivity index (χ2v) is 4.76. The molecule has 2 aromatic carbocycles. The molecule has 0 saturated heterocycles. The number of hydrogen-bond donors (Lipinski definition) is 2. The summed E-state index contributed by atoms with van der Waals surface area (Å²) in [4.78, 5) is 6.13. The van der Waals surface area contributed by atoms with E-state index in [0.717, 1.165) is 28.2 Å². The van der Waals surface area contributed by atoms with Gasteiger partial charge in [0.05, 0.1) is 5.52 Å². The lowest BCUT2D eigenvalue weighted by atomic mass is 10.1. The van der Waals surface area contributed by atoms with Gasteiger partial charge in [-0.15, -0.1) is 0 Å².